The van der Waals surface area contributed by atoms with E-state index in [2.05, 4.69) is 15.0 Å². The highest BCUT2D eigenvalue weighted by Gasteiger charge is 2.18. The highest BCUT2D eigenvalue weighted by Crippen LogP contribution is 2.05. The number of nitrogens with zero attached hydrogens (tertiary/aromatic N) is 1. The summed E-state index contributed by atoms with van der Waals surface area (Å²) in [5, 5.41) is 6.40. The third kappa shape index (κ3) is 3.36. The SMILES string of the molecule is CCC(C)[C@H](N)C(=O)NCc1ccon1. The molecule has 0 spiro atoms. The molecule has 1 aromatic heterocycles. The fourth-order valence-electron chi connectivity index (χ4n) is 1.14. The van der Waals surface area contributed by atoms with Crippen molar-refractivity contribution in [2.75, 3.05) is 0 Å². The first-order valence-electron chi connectivity index (χ1n) is 5.07. The molecule has 1 amide bonds. The van der Waals surface area contributed by atoms with Crippen LogP contribution in [0.2, 0.25) is 0 Å². The Hall–Kier alpha value is -1.36. The summed E-state index contributed by atoms with van der Waals surface area (Å²) in [6.45, 7) is 4.33. The van der Waals surface area contributed by atoms with Gasteiger partial charge in [0.1, 0.15) is 12.0 Å². The van der Waals surface area contributed by atoms with Crippen molar-refractivity contribution >= 4 is 5.91 Å². The molecule has 5 heteroatoms. The fourth-order valence-corrected chi connectivity index (χ4v) is 1.14. The van der Waals surface area contributed by atoms with Crippen molar-refractivity contribution in [2.24, 2.45) is 11.7 Å². The number of amides is 1. The molecule has 0 saturated carbocycles. The second-order valence-electron chi connectivity index (χ2n) is 3.62. The van der Waals surface area contributed by atoms with E-state index in [-0.39, 0.29) is 11.8 Å². The molecule has 0 aliphatic rings. The summed E-state index contributed by atoms with van der Waals surface area (Å²) in [6, 6.07) is 1.25. The lowest BCUT2D eigenvalue weighted by molar-refractivity contribution is -0.123. The van der Waals surface area contributed by atoms with Gasteiger partial charge in [-0.25, -0.2) is 0 Å². The van der Waals surface area contributed by atoms with Gasteiger partial charge in [0.25, 0.3) is 0 Å². The Morgan fingerprint density at radius 2 is 2.47 bits per heavy atom. The van der Waals surface area contributed by atoms with Crippen LogP contribution in [0.4, 0.5) is 0 Å². The first-order chi connectivity index (χ1) is 7.15. The molecule has 15 heavy (non-hydrogen) atoms. The Balaban J connectivity index is 2.36. The predicted molar refractivity (Wildman–Crippen MR) is 55.8 cm³/mol. The maximum atomic E-state index is 11.5. The number of aromatic nitrogens is 1. The maximum absolute atomic E-state index is 11.5. The van der Waals surface area contributed by atoms with Gasteiger partial charge in [-0.3, -0.25) is 4.79 Å². The number of carbonyl (C=O) groups excluding carboxylic acids is 1. The molecule has 0 aliphatic carbocycles. The normalized spacial score (nSPS) is 14.6. The Bertz CT molecular complexity index is 298. The van der Waals surface area contributed by atoms with Gasteiger partial charge in [-0.2, -0.15) is 0 Å². The molecule has 1 aromatic rings. The predicted octanol–water partition coefficient (Wildman–Crippen LogP) is 0.664. The van der Waals surface area contributed by atoms with Crippen LogP contribution in [0.3, 0.4) is 0 Å². The van der Waals surface area contributed by atoms with Crippen LogP contribution in [-0.2, 0) is 11.3 Å². The number of hydrogen-bond acceptors (Lipinski definition) is 4. The van der Waals surface area contributed by atoms with Crippen molar-refractivity contribution in [1.82, 2.24) is 10.5 Å². The number of rotatable bonds is 5. The average molecular weight is 211 g/mol. The van der Waals surface area contributed by atoms with Gasteiger partial charge in [-0.1, -0.05) is 25.4 Å². The number of hydrogen-bond donors (Lipinski definition) is 2. The number of carbonyl (C=O) groups is 1. The van der Waals surface area contributed by atoms with Crippen molar-refractivity contribution in [3.63, 3.8) is 0 Å². The molecule has 1 rings (SSSR count). The molecule has 1 heterocycles. The smallest absolute Gasteiger partial charge is 0.237 e. The molecule has 0 aromatic carbocycles. The molecule has 84 valence electrons. The topological polar surface area (TPSA) is 81.2 Å². The lowest BCUT2D eigenvalue weighted by atomic mass is 9.99. The summed E-state index contributed by atoms with van der Waals surface area (Å²) in [6.07, 6.45) is 2.36. The van der Waals surface area contributed by atoms with Crippen molar-refractivity contribution in [3.05, 3.63) is 18.0 Å². The van der Waals surface area contributed by atoms with Crippen molar-refractivity contribution in [2.45, 2.75) is 32.9 Å². The van der Waals surface area contributed by atoms with E-state index in [1.807, 2.05) is 13.8 Å². The zero-order valence-corrected chi connectivity index (χ0v) is 9.06. The maximum Gasteiger partial charge on any atom is 0.237 e. The van der Waals surface area contributed by atoms with Gasteiger partial charge in [0.15, 0.2) is 0 Å². The largest absolute Gasteiger partial charge is 0.364 e. The minimum atomic E-state index is -0.457. The molecular formula is C10H17N3O2. The third-order valence-electron chi connectivity index (χ3n) is 2.49. The highest BCUT2D eigenvalue weighted by atomic mass is 16.5. The summed E-state index contributed by atoms with van der Waals surface area (Å²) in [4.78, 5) is 11.5. The molecule has 0 aliphatic heterocycles. The van der Waals surface area contributed by atoms with E-state index in [9.17, 15) is 4.79 Å². The lowest BCUT2D eigenvalue weighted by Crippen LogP contribution is -2.44. The Morgan fingerprint density at radius 3 is 3.00 bits per heavy atom. The first kappa shape index (κ1) is 11.7. The molecule has 5 nitrogen and oxygen atoms in total. The molecule has 3 N–H and O–H groups in total. The van der Waals surface area contributed by atoms with Crippen LogP contribution in [0, 0.1) is 5.92 Å². The summed E-state index contributed by atoms with van der Waals surface area (Å²) in [5.41, 5.74) is 6.45. The Labute approximate surface area is 89.0 Å². The van der Waals surface area contributed by atoms with Gasteiger partial charge < -0.3 is 15.6 Å². The second-order valence-corrected chi connectivity index (χ2v) is 3.62. The van der Waals surface area contributed by atoms with Crippen LogP contribution < -0.4 is 11.1 Å². The summed E-state index contributed by atoms with van der Waals surface area (Å²) >= 11 is 0. The Kier molecular flexibility index (Phi) is 4.30. The van der Waals surface area contributed by atoms with Crippen molar-refractivity contribution in [1.29, 1.82) is 0 Å². The minimum Gasteiger partial charge on any atom is -0.364 e. The standard InChI is InChI=1S/C10H17N3O2/c1-3-7(2)9(11)10(14)12-6-8-4-5-15-13-8/h4-5,7,9H,3,6,11H2,1-2H3,(H,12,14)/t7?,9-/m0/s1. The van der Waals surface area contributed by atoms with E-state index in [1.54, 1.807) is 6.07 Å². The van der Waals surface area contributed by atoms with Gasteiger partial charge in [0, 0.05) is 6.07 Å². The molecule has 2 atom stereocenters. The van der Waals surface area contributed by atoms with E-state index in [0.717, 1.165) is 6.42 Å². The second kappa shape index (κ2) is 5.50. The quantitative estimate of drug-likeness (QED) is 0.749. The zero-order valence-electron chi connectivity index (χ0n) is 9.06. The molecule has 0 saturated heterocycles. The van der Waals surface area contributed by atoms with Gasteiger partial charge in [-0.05, 0) is 5.92 Å². The van der Waals surface area contributed by atoms with Gasteiger partial charge in [-0.15, -0.1) is 0 Å². The van der Waals surface area contributed by atoms with Crippen LogP contribution in [0.1, 0.15) is 26.0 Å². The van der Waals surface area contributed by atoms with Crippen molar-refractivity contribution < 1.29 is 9.32 Å². The van der Waals surface area contributed by atoms with Crippen LogP contribution >= 0.6 is 0 Å². The number of nitrogens with one attached hydrogen (secondary N) is 1. The van der Waals surface area contributed by atoms with Gasteiger partial charge >= 0.3 is 0 Å². The summed E-state index contributed by atoms with van der Waals surface area (Å²) in [5.74, 6) is 0.0367. The molecular weight excluding hydrogens is 194 g/mol. The van der Waals surface area contributed by atoms with Crippen LogP contribution in [0.25, 0.3) is 0 Å². The minimum absolute atomic E-state index is 0.146. The fraction of sp³-hybridized carbons (Fsp3) is 0.600. The highest BCUT2D eigenvalue weighted by molar-refractivity contribution is 5.81. The number of nitrogens with two attached hydrogens (primary N) is 1. The van der Waals surface area contributed by atoms with Crippen LogP contribution in [0.15, 0.2) is 16.9 Å². The zero-order chi connectivity index (χ0) is 11.3. The molecule has 0 fully saturated rings. The first-order valence-corrected chi connectivity index (χ1v) is 5.07. The van der Waals surface area contributed by atoms with Crippen LogP contribution in [-0.4, -0.2) is 17.1 Å². The van der Waals surface area contributed by atoms with Gasteiger partial charge in [0.2, 0.25) is 5.91 Å². The molecule has 1 unspecified atom stereocenters. The van der Waals surface area contributed by atoms with Gasteiger partial charge in [0.05, 0.1) is 12.6 Å². The van der Waals surface area contributed by atoms with E-state index in [1.165, 1.54) is 6.26 Å². The monoisotopic (exact) mass is 211 g/mol. The van der Waals surface area contributed by atoms with E-state index in [0.29, 0.717) is 12.2 Å². The molecule has 0 bridgehead atoms. The molecule has 0 radical (unpaired) electrons. The summed E-state index contributed by atoms with van der Waals surface area (Å²) < 4.78 is 4.64. The lowest BCUT2D eigenvalue weighted by Gasteiger charge is -2.17. The van der Waals surface area contributed by atoms with Crippen molar-refractivity contribution in [3.8, 4) is 0 Å². The van der Waals surface area contributed by atoms with E-state index < -0.39 is 6.04 Å². The Morgan fingerprint density at radius 1 is 1.73 bits per heavy atom. The van der Waals surface area contributed by atoms with E-state index in [4.69, 9.17) is 5.73 Å². The van der Waals surface area contributed by atoms with E-state index >= 15 is 0 Å². The summed E-state index contributed by atoms with van der Waals surface area (Å²) in [7, 11) is 0. The third-order valence-corrected chi connectivity index (χ3v) is 2.49. The average Bonchev–Trinajstić information content (AvgIpc) is 2.76. The van der Waals surface area contributed by atoms with Crippen LogP contribution in [0.5, 0.6) is 0 Å².